The molecule has 198 valence electrons. The molecule has 1 saturated heterocycles. The number of hydrogen-bond donors (Lipinski definition) is 2. The number of carbonyl (C=O) groups is 1. The van der Waals surface area contributed by atoms with Crippen LogP contribution in [0.25, 0.3) is 0 Å². The topological polar surface area (TPSA) is 102 Å². The van der Waals surface area contributed by atoms with Crippen LogP contribution >= 0.6 is 11.6 Å². The molecule has 2 aliphatic rings. The van der Waals surface area contributed by atoms with Crippen molar-refractivity contribution < 1.29 is 23.0 Å². The van der Waals surface area contributed by atoms with Gasteiger partial charge in [-0.25, -0.2) is 13.8 Å². The Labute approximate surface area is 219 Å². The smallest absolute Gasteiger partial charge is 0.233 e. The van der Waals surface area contributed by atoms with E-state index >= 15 is 0 Å². The highest BCUT2D eigenvalue weighted by Gasteiger charge is 2.25. The van der Waals surface area contributed by atoms with E-state index < -0.39 is 11.6 Å². The van der Waals surface area contributed by atoms with Gasteiger partial charge in [-0.1, -0.05) is 11.6 Å². The number of hydrogen-bond acceptors (Lipinski definition) is 8. The molecule has 11 heteroatoms. The van der Waals surface area contributed by atoms with Crippen molar-refractivity contribution in [2.45, 2.75) is 25.5 Å². The minimum atomic E-state index is -0.610. The summed E-state index contributed by atoms with van der Waals surface area (Å²) in [6, 6.07) is 5.04. The van der Waals surface area contributed by atoms with Crippen LogP contribution in [0.5, 0.6) is 5.88 Å². The first-order valence-corrected chi connectivity index (χ1v) is 12.0. The second-order valence-corrected chi connectivity index (χ2v) is 8.94. The molecule has 2 aromatic rings. The van der Waals surface area contributed by atoms with E-state index in [0.29, 0.717) is 47.9 Å². The number of aliphatic imine (C=N–C) groups is 1. The highest BCUT2D eigenvalue weighted by molar-refractivity contribution is 6.34. The Hall–Kier alpha value is -3.50. The van der Waals surface area contributed by atoms with Crippen LogP contribution in [-0.4, -0.2) is 67.8 Å². The summed E-state index contributed by atoms with van der Waals surface area (Å²) >= 11 is 5.93. The summed E-state index contributed by atoms with van der Waals surface area (Å²) in [4.78, 5) is 21.0. The molecule has 1 aromatic carbocycles. The van der Waals surface area contributed by atoms with Crippen LogP contribution < -0.4 is 15.8 Å². The lowest BCUT2D eigenvalue weighted by atomic mass is 9.92. The lowest BCUT2D eigenvalue weighted by Crippen LogP contribution is -2.40. The van der Waals surface area contributed by atoms with E-state index in [9.17, 15) is 13.6 Å². The Morgan fingerprint density at radius 2 is 2.11 bits per heavy atom. The van der Waals surface area contributed by atoms with E-state index in [4.69, 9.17) is 26.8 Å². The summed E-state index contributed by atoms with van der Waals surface area (Å²) in [5.74, 6) is -0.459. The molecular weight excluding hydrogens is 504 g/mol. The molecule has 0 aliphatic carbocycles. The van der Waals surface area contributed by atoms with Gasteiger partial charge in [-0.3, -0.25) is 14.7 Å². The highest BCUT2D eigenvalue weighted by Crippen LogP contribution is 2.25. The number of likely N-dealkylation sites (N-methyl/N-ethyl adjacent to an activating group) is 1. The summed E-state index contributed by atoms with van der Waals surface area (Å²) in [6.07, 6.45) is 2.72. The first-order valence-electron chi connectivity index (χ1n) is 11.6. The van der Waals surface area contributed by atoms with Gasteiger partial charge in [0, 0.05) is 48.7 Å². The number of rotatable bonds is 6. The third-order valence-corrected chi connectivity index (χ3v) is 6.46. The number of nitrogens with two attached hydrogens (primary N) is 1. The third-order valence-electron chi connectivity index (χ3n) is 6.08. The maximum absolute atomic E-state index is 13.4. The van der Waals surface area contributed by atoms with Gasteiger partial charge < -0.3 is 20.5 Å². The fraction of sp³-hybridized carbons (Fsp3) is 0.346. The fourth-order valence-corrected chi connectivity index (χ4v) is 4.12. The van der Waals surface area contributed by atoms with Crippen molar-refractivity contribution in [3.63, 3.8) is 0 Å². The second-order valence-electron chi connectivity index (χ2n) is 8.56. The second kappa shape index (κ2) is 12.6. The van der Waals surface area contributed by atoms with Crippen molar-refractivity contribution in [2.75, 3.05) is 33.8 Å². The summed E-state index contributed by atoms with van der Waals surface area (Å²) < 4.78 is 37.5. The number of ether oxygens (including phenoxy) is 2. The van der Waals surface area contributed by atoms with Gasteiger partial charge in [0.2, 0.25) is 5.88 Å². The number of carbonyl (C=O) groups excluding carboxylic acids is 1. The van der Waals surface area contributed by atoms with Gasteiger partial charge >= 0.3 is 0 Å². The Morgan fingerprint density at radius 3 is 2.70 bits per heavy atom. The Bertz CT molecular complexity index is 1200. The van der Waals surface area contributed by atoms with Crippen molar-refractivity contribution in [3.8, 4) is 5.88 Å². The molecule has 8 nitrogen and oxygen atoms in total. The highest BCUT2D eigenvalue weighted by atomic mass is 35.5. The average molecular weight is 534 g/mol. The van der Waals surface area contributed by atoms with Crippen LogP contribution in [0, 0.1) is 11.6 Å². The first kappa shape index (κ1) is 28.1. The molecule has 0 bridgehead atoms. The number of pyridine rings is 1. The van der Waals surface area contributed by atoms with Gasteiger partial charge in [0.05, 0.1) is 12.3 Å². The van der Waals surface area contributed by atoms with E-state index in [2.05, 4.69) is 26.8 Å². The Morgan fingerprint density at radius 1 is 1.41 bits per heavy atom. The van der Waals surface area contributed by atoms with Crippen LogP contribution in [0.3, 0.4) is 0 Å². The standard InChI is InChI=1S/C15H19F2N3.C11H11ClN2O3/c1-9-14(18)13(4-5-20(9)3)15(19-2)10-6-11(16)8-12(17)7-10;1-7-14-4-9(17-7)6-16-11-10(12)8(5-15)2-3-13-11/h6-9H,4-5,18H2,1-3H3;2-3,5,9,14H,1,4,6H2. The number of halogens is 3. The zero-order valence-electron chi connectivity index (χ0n) is 20.9. The minimum absolute atomic E-state index is 0.0916. The molecule has 2 unspecified atom stereocenters. The van der Waals surface area contributed by atoms with Crippen LogP contribution in [0.2, 0.25) is 5.02 Å². The van der Waals surface area contributed by atoms with Gasteiger partial charge in [-0.2, -0.15) is 0 Å². The van der Waals surface area contributed by atoms with Crippen molar-refractivity contribution in [3.05, 3.63) is 82.0 Å². The lowest BCUT2D eigenvalue weighted by molar-refractivity contribution is 0.107. The molecule has 0 radical (unpaired) electrons. The first-order chi connectivity index (χ1) is 17.6. The molecule has 37 heavy (non-hydrogen) atoms. The van der Waals surface area contributed by atoms with E-state index in [1.807, 2.05) is 14.0 Å². The van der Waals surface area contributed by atoms with Crippen LogP contribution in [0.4, 0.5) is 8.78 Å². The van der Waals surface area contributed by atoms with E-state index in [-0.39, 0.29) is 23.0 Å². The third kappa shape index (κ3) is 7.05. The Balaban J connectivity index is 0.000000208. The van der Waals surface area contributed by atoms with Crippen LogP contribution in [-0.2, 0) is 4.74 Å². The van der Waals surface area contributed by atoms with Crippen molar-refractivity contribution in [1.29, 1.82) is 0 Å². The van der Waals surface area contributed by atoms with E-state index in [1.165, 1.54) is 24.4 Å². The van der Waals surface area contributed by atoms with E-state index in [1.54, 1.807) is 7.05 Å². The van der Waals surface area contributed by atoms with E-state index in [0.717, 1.165) is 24.6 Å². The molecular formula is C26H30ClF2N5O3. The normalized spacial score (nSPS) is 20.1. The maximum Gasteiger partial charge on any atom is 0.233 e. The molecule has 0 amide bonds. The molecule has 2 aliphatic heterocycles. The van der Waals surface area contributed by atoms with Crippen molar-refractivity contribution in [1.82, 2.24) is 15.2 Å². The van der Waals surface area contributed by atoms with Crippen LogP contribution in [0.15, 0.2) is 59.2 Å². The summed E-state index contributed by atoms with van der Waals surface area (Å²) in [5, 5.41) is 3.15. The predicted molar refractivity (Wildman–Crippen MR) is 139 cm³/mol. The fourth-order valence-electron chi connectivity index (χ4n) is 3.91. The van der Waals surface area contributed by atoms with Crippen molar-refractivity contribution in [2.24, 2.45) is 10.7 Å². The number of benzene rings is 1. The molecule has 0 saturated carbocycles. The van der Waals surface area contributed by atoms with Gasteiger partial charge in [0.1, 0.15) is 23.3 Å². The predicted octanol–water partition coefficient (Wildman–Crippen LogP) is 3.71. The Kier molecular flexibility index (Phi) is 9.60. The maximum atomic E-state index is 13.4. The molecule has 0 spiro atoms. The minimum Gasteiger partial charge on any atom is -0.473 e. The zero-order valence-corrected chi connectivity index (χ0v) is 21.7. The van der Waals surface area contributed by atoms with Crippen molar-refractivity contribution >= 4 is 23.6 Å². The molecule has 2 atom stereocenters. The SMILES string of the molecule is C=C1NCC(COc2nccc(C=O)c2Cl)O1.CN=C(C1=C(N)C(C)N(C)CC1)c1cc(F)cc(F)c1. The number of nitrogens with zero attached hydrogens (tertiary/aromatic N) is 3. The number of nitrogens with one attached hydrogen (secondary N) is 1. The van der Waals surface area contributed by atoms with Gasteiger partial charge in [-0.15, -0.1) is 0 Å². The average Bonchev–Trinajstić information content (AvgIpc) is 3.28. The molecule has 3 N–H and O–H groups in total. The lowest BCUT2D eigenvalue weighted by Gasteiger charge is -2.32. The quantitative estimate of drug-likeness (QED) is 0.431. The van der Waals surface area contributed by atoms with Gasteiger partial charge in [-0.05, 0) is 50.7 Å². The summed E-state index contributed by atoms with van der Waals surface area (Å²) in [7, 11) is 3.61. The number of aromatic nitrogens is 1. The number of aldehydes is 1. The molecule has 3 heterocycles. The summed E-state index contributed by atoms with van der Waals surface area (Å²) in [6.45, 7) is 7.40. The molecule has 4 rings (SSSR count). The molecule has 1 fully saturated rings. The molecule has 1 aromatic heterocycles. The largest absolute Gasteiger partial charge is 0.473 e. The monoisotopic (exact) mass is 533 g/mol. The summed E-state index contributed by atoms with van der Waals surface area (Å²) in [5.41, 5.74) is 9.12. The van der Waals surface area contributed by atoms with Gasteiger partial charge in [0.25, 0.3) is 0 Å². The zero-order chi connectivity index (χ0) is 27.1. The van der Waals surface area contributed by atoms with Gasteiger partial charge in [0.15, 0.2) is 18.3 Å². The van der Waals surface area contributed by atoms with Crippen LogP contribution in [0.1, 0.15) is 29.3 Å².